The quantitative estimate of drug-likeness (QED) is 0.493. The van der Waals surface area contributed by atoms with Crippen molar-refractivity contribution in [1.82, 2.24) is 14.8 Å². The van der Waals surface area contributed by atoms with Crippen molar-refractivity contribution < 1.29 is 9.90 Å². The predicted octanol–water partition coefficient (Wildman–Crippen LogP) is 5.14. The van der Waals surface area contributed by atoms with Gasteiger partial charge in [0, 0.05) is 41.7 Å². The van der Waals surface area contributed by atoms with Crippen LogP contribution in [0.1, 0.15) is 55.1 Å². The summed E-state index contributed by atoms with van der Waals surface area (Å²) in [5.74, 6) is 1.18. The Kier molecular flexibility index (Phi) is 8.31. The number of benzene rings is 1. The van der Waals surface area contributed by atoms with Gasteiger partial charge < -0.3 is 14.9 Å². The van der Waals surface area contributed by atoms with Crippen molar-refractivity contribution in [3.8, 4) is 0 Å². The standard InChI is InChI=1S/C28H41N3O2S2/c1-18(27(33)31(6)15-14-30(4)5)21-12-13-28(3)16-22-25(19(2)24(28)26(21)32)29-23(35-22)17-34-20-10-8-7-9-11-20/h7-11,18-19,21,24,26,32H,12-17H2,1-6H3/t18-,19-,21-,24+,26-,28-/m0/s1. The fraction of sp³-hybridized carbons (Fsp3) is 0.643. The number of aromatic nitrogens is 1. The summed E-state index contributed by atoms with van der Waals surface area (Å²) in [5.41, 5.74) is 1.24. The first-order chi connectivity index (χ1) is 16.6. The van der Waals surface area contributed by atoms with E-state index in [1.807, 2.05) is 62.1 Å². The normalized spacial score (nSPS) is 28.9. The van der Waals surface area contributed by atoms with Crippen molar-refractivity contribution in [3.05, 3.63) is 45.9 Å². The molecule has 5 nitrogen and oxygen atoms in total. The van der Waals surface area contributed by atoms with Gasteiger partial charge in [-0.15, -0.1) is 23.1 Å². The maximum absolute atomic E-state index is 13.2. The lowest BCUT2D eigenvalue weighted by atomic mass is 9.53. The molecule has 0 spiro atoms. The van der Waals surface area contributed by atoms with Gasteiger partial charge in [0.05, 0.1) is 17.6 Å². The average molecular weight is 516 g/mol. The maximum atomic E-state index is 13.2. The van der Waals surface area contributed by atoms with Crippen LogP contribution in [0.3, 0.4) is 0 Å². The molecule has 6 atom stereocenters. The van der Waals surface area contributed by atoms with Crippen LogP contribution >= 0.6 is 23.1 Å². The molecule has 1 fully saturated rings. The lowest BCUT2D eigenvalue weighted by Crippen LogP contribution is -2.53. The Balaban J connectivity index is 1.48. The first-order valence-corrected chi connectivity index (χ1v) is 14.6. The third kappa shape index (κ3) is 5.63. The second-order valence-electron chi connectivity index (χ2n) is 11.2. The van der Waals surface area contributed by atoms with E-state index in [1.54, 1.807) is 0 Å². The maximum Gasteiger partial charge on any atom is 0.225 e. The minimum absolute atomic E-state index is 0.00174. The molecule has 2 aliphatic rings. The molecule has 35 heavy (non-hydrogen) atoms. The van der Waals surface area contributed by atoms with Crippen LogP contribution in [-0.2, 0) is 17.0 Å². The van der Waals surface area contributed by atoms with E-state index in [0.29, 0.717) is 6.54 Å². The van der Waals surface area contributed by atoms with Gasteiger partial charge in [-0.3, -0.25) is 4.79 Å². The minimum atomic E-state index is -0.484. The highest BCUT2D eigenvalue weighted by atomic mass is 32.2. The summed E-state index contributed by atoms with van der Waals surface area (Å²) in [5, 5.41) is 12.9. The highest BCUT2D eigenvalue weighted by molar-refractivity contribution is 7.98. The molecule has 1 saturated carbocycles. The molecule has 2 aliphatic carbocycles. The molecule has 1 amide bonds. The Morgan fingerprint density at radius 2 is 1.97 bits per heavy atom. The van der Waals surface area contributed by atoms with Crippen molar-refractivity contribution in [2.24, 2.45) is 23.2 Å². The molecule has 1 heterocycles. The first-order valence-electron chi connectivity index (χ1n) is 12.8. The zero-order valence-electron chi connectivity index (χ0n) is 22.0. The van der Waals surface area contributed by atoms with Gasteiger partial charge >= 0.3 is 0 Å². The SMILES string of the molecule is C[C@H](C(=O)N(C)CCN(C)C)[C@@H]1CC[C@@]2(C)Cc3sc(CSc4ccccc4)nc3[C@@H](C)[C@@H]2[C@H]1O. The molecule has 4 rings (SSSR count). The largest absolute Gasteiger partial charge is 0.392 e. The molecular formula is C28H41N3O2S2. The highest BCUT2D eigenvalue weighted by Gasteiger charge is 2.54. The second-order valence-corrected chi connectivity index (χ2v) is 13.4. The number of aliphatic hydroxyl groups is 1. The van der Waals surface area contributed by atoms with Crippen LogP contribution in [0.4, 0.5) is 0 Å². The van der Waals surface area contributed by atoms with Crippen LogP contribution in [0.2, 0.25) is 0 Å². The summed E-state index contributed by atoms with van der Waals surface area (Å²) in [7, 11) is 5.94. The first kappa shape index (κ1) is 26.6. The molecule has 1 N–H and O–H groups in total. The topological polar surface area (TPSA) is 56.7 Å². The van der Waals surface area contributed by atoms with E-state index in [2.05, 4.69) is 43.0 Å². The number of hydrogen-bond donors (Lipinski definition) is 1. The Bertz CT molecular complexity index is 1010. The van der Waals surface area contributed by atoms with Gasteiger partial charge in [-0.2, -0.15) is 0 Å². The number of fused-ring (bicyclic) bond motifs is 2. The van der Waals surface area contributed by atoms with Gasteiger partial charge in [-0.1, -0.05) is 39.0 Å². The number of likely N-dealkylation sites (N-methyl/N-ethyl adjacent to an activating group) is 2. The average Bonchev–Trinajstić information content (AvgIpc) is 3.23. The molecule has 0 radical (unpaired) electrons. The lowest BCUT2D eigenvalue weighted by molar-refractivity contribution is -0.143. The molecule has 7 heteroatoms. The zero-order valence-corrected chi connectivity index (χ0v) is 23.7. The molecule has 0 aliphatic heterocycles. The number of rotatable bonds is 8. The summed E-state index contributed by atoms with van der Waals surface area (Å²) >= 11 is 3.69. The summed E-state index contributed by atoms with van der Waals surface area (Å²) in [6.07, 6.45) is 2.45. The number of thiazole rings is 1. The van der Waals surface area contributed by atoms with Gasteiger partial charge in [0.25, 0.3) is 0 Å². The van der Waals surface area contributed by atoms with E-state index in [0.717, 1.165) is 31.6 Å². The Hall–Kier alpha value is -1.41. The van der Waals surface area contributed by atoms with Gasteiger partial charge in [0.15, 0.2) is 0 Å². The molecule has 192 valence electrons. The minimum Gasteiger partial charge on any atom is -0.392 e. The van der Waals surface area contributed by atoms with Gasteiger partial charge in [0.2, 0.25) is 5.91 Å². The van der Waals surface area contributed by atoms with E-state index >= 15 is 0 Å². The van der Waals surface area contributed by atoms with E-state index in [1.165, 1.54) is 20.5 Å². The fourth-order valence-corrected chi connectivity index (χ4v) is 8.59. The highest BCUT2D eigenvalue weighted by Crippen LogP contribution is 2.57. The summed E-state index contributed by atoms with van der Waals surface area (Å²) in [6, 6.07) is 10.5. The molecular weight excluding hydrogens is 474 g/mol. The molecule has 2 aromatic rings. The summed E-state index contributed by atoms with van der Waals surface area (Å²) in [6.45, 7) is 8.17. The van der Waals surface area contributed by atoms with Crippen molar-refractivity contribution in [3.63, 3.8) is 0 Å². The van der Waals surface area contributed by atoms with Gasteiger partial charge in [0.1, 0.15) is 5.01 Å². The predicted molar refractivity (Wildman–Crippen MR) is 146 cm³/mol. The third-order valence-electron chi connectivity index (χ3n) is 8.36. The smallest absolute Gasteiger partial charge is 0.225 e. The monoisotopic (exact) mass is 515 g/mol. The summed E-state index contributed by atoms with van der Waals surface area (Å²) < 4.78 is 0. The van der Waals surface area contributed by atoms with Crippen LogP contribution in [0.15, 0.2) is 35.2 Å². The number of aliphatic hydroxyl groups excluding tert-OH is 1. The van der Waals surface area contributed by atoms with Crippen LogP contribution in [-0.4, -0.2) is 66.1 Å². The summed E-state index contributed by atoms with van der Waals surface area (Å²) in [4.78, 5) is 24.9. The third-order valence-corrected chi connectivity index (χ3v) is 10.6. The molecule has 1 aromatic carbocycles. The van der Waals surface area contributed by atoms with Crippen LogP contribution in [0.5, 0.6) is 0 Å². The van der Waals surface area contributed by atoms with Crippen molar-refractivity contribution >= 4 is 29.0 Å². The molecule has 0 unspecified atom stereocenters. The van der Waals surface area contributed by atoms with E-state index < -0.39 is 6.10 Å². The van der Waals surface area contributed by atoms with Crippen LogP contribution < -0.4 is 0 Å². The Labute approximate surface area is 219 Å². The molecule has 0 bridgehead atoms. The number of amides is 1. The van der Waals surface area contributed by atoms with Gasteiger partial charge in [-0.05, 0) is 62.7 Å². The second kappa shape index (κ2) is 10.9. The van der Waals surface area contributed by atoms with Crippen molar-refractivity contribution in [2.45, 2.75) is 62.7 Å². The van der Waals surface area contributed by atoms with E-state index in [4.69, 9.17) is 4.98 Å². The Morgan fingerprint density at radius 3 is 2.66 bits per heavy atom. The Morgan fingerprint density at radius 1 is 1.26 bits per heavy atom. The van der Waals surface area contributed by atoms with Crippen molar-refractivity contribution in [2.75, 3.05) is 34.2 Å². The van der Waals surface area contributed by atoms with Gasteiger partial charge in [-0.25, -0.2) is 4.98 Å². The number of hydrogen-bond acceptors (Lipinski definition) is 6. The van der Waals surface area contributed by atoms with Crippen LogP contribution in [0.25, 0.3) is 0 Å². The number of thioether (sulfide) groups is 1. The van der Waals surface area contributed by atoms with Crippen LogP contribution in [0, 0.1) is 23.2 Å². The zero-order chi connectivity index (χ0) is 25.3. The number of carbonyl (C=O) groups is 1. The number of nitrogens with zero attached hydrogens (tertiary/aromatic N) is 3. The lowest BCUT2D eigenvalue weighted by Gasteiger charge is -2.53. The fourth-order valence-electron chi connectivity index (χ4n) is 6.31. The molecule has 0 saturated heterocycles. The van der Waals surface area contributed by atoms with E-state index in [9.17, 15) is 9.90 Å². The number of carbonyl (C=O) groups excluding carboxylic acids is 1. The molecule has 1 aromatic heterocycles. The van der Waals surface area contributed by atoms with E-state index in [-0.39, 0.29) is 35.0 Å². The van der Waals surface area contributed by atoms with Crippen molar-refractivity contribution in [1.29, 1.82) is 0 Å².